The van der Waals surface area contributed by atoms with Crippen LogP contribution < -0.4 is 16.9 Å². The van der Waals surface area contributed by atoms with E-state index in [1.54, 1.807) is 0 Å². The van der Waals surface area contributed by atoms with Gasteiger partial charge in [0.1, 0.15) is 11.1 Å². The first-order valence-corrected chi connectivity index (χ1v) is 8.50. The normalized spacial score (nSPS) is 26.0. The number of fused-ring (bicyclic) bond motifs is 1. The van der Waals surface area contributed by atoms with Gasteiger partial charge in [0, 0.05) is 11.5 Å². The molecule has 0 bridgehead atoms. The van der Waals surface area contributed by atoms with Crippen LogP contribution >= 0.6 is 23.5 Å². The van der Waals surface area contributed by atoms with E-state index < -0.39 is 22.9 Å². The lowest BCUT2D eigenvalue weighted by molar-refractivity contribution is -0.157. The Morgan fingerprint density at radius 1 is 1.62 bits per heavy atom. The van der Waals surface area contributed by atoms with Gasteiger partial charge in [0.15, 0.2) is 0 Å². The summed E-state index contributed by atoms with van der Waals surface area (Å²) in [5, 5.41) is 21.9. The third-order valence-corrected chi connectivity index (χ3v) is 5.96. The molecule has 3 rings (SSSR count). The Morgan fingerprint density at radius 3 is 2.96 bits per heavy atom. The topological polar surface area (TPSA) is 182 Å². The van der Waals surface area contributed by atoms with E-state index in [4.69, 9.17) is 11.6 Å². The van der Waals surface area contributed by atoms with Gasteiger partial charge in [-0.2, -0.15) is 0 Å². The average molecular weight is 372 g/mol. The standard InChI is InChI=1S/C10H12N8O4S2/c11-10(13-3-19)7(22)17-5(6(20)21)4(1-23-8(10)17)2-24-9-14-15-16-18(9)12/h3,8H,1-2,11-12H2,(H,13,19)(H,20,21)/t8-,10+/m1/s1. The molecule has 3 heterocycles. The number of amides is 2. The van der Waals surface area contributed by atoms with Crippen LogP contribution in [0.2, 0.25) is 0 Å². The highest BCUT2D eigenvalue weighted by Gasteiger charge is 2.62. The van der Waals surface area contributed by atoms with Gasteiger partial charge in [0.05, 0.1) is 0 Å². The third kappa shape index (κ3) is 2.38. The summed E-state index contributed by atoms with van der Waals surface area (Å²) in [4.78, 5) is 36.6. The number of hydrogen-bond acceptors (Lipinski definition) is 10. The van der Waals surface area contributed by atoms with Gasteiger partial charge >= 0.3 is 5.97 Å². The van der Waals surface area contributed by atoms with Gasteiger partial charge in [-0.15, -0.1) is 16.6 Å². The fraction of sp³-hybridized carbons (Fsp3) is 0.400. The zero-order chi connectivity index (χ0) is 17.5. The fourth-order valence-electron chi connectivity index (χ4n) is 2.42. The van der Waals surface area contributed by atoms with E-state index >= 15 is 0 Å². The molecule has 6 N–H and O–H groups in total. The van der Waals surface area contributed by atoms with Crippen molar-refractivity contribution < 1.29 is 19.5 Å². The maximum Gasteiger partial charge on any atom is 0.352 e. The van der Waals surface area contributed by atoms with Gasteiger partial charge in [-0.1, -0.05) is 16.9 Å². The molecule has 0 spiro atoms. The molecular weight excluding hydrogens is 360 g/mol. The number of nitrogens with zero attached hydrogens (tertiary/aromatic N) is 5. The molecule has 2 amide bonds. The lowest BCUT2D eigenvalue weighted by Crippen LogP contribution is -2.83. The average Bonchev–Trinajstić information content (AvgIpc) is 2.96. The Morgan fingerprint density at radius 2 is 2.38 bits per heavy atom. The minimum atomic E-state index is -1.59. The summed E-state index contributed by atoms with van der Waals surface area (Å²) in [6.07, 6.45) is 0.326. The van der Waals surface area contributed by atoms with Crippen LogP contribution in [-0.4, -0.2) is 71.2 Å². The lowest BCUT2D eigenvalue weighted by atomic mass is 9.97. The second-order valence-corrected chi connectivity index (χ2v) is 6.93. The smallest absolute Gasteiger partial charge is 0.352 e. The van der Waals surface area contributed by atoms with Crippen LogP contribution in [0.5, 0.6) is 0 Å². The number of nitrogens with one attached hydrogen (secondary N) is 1. The van der Waals surface area contributed by atoms with Gasteiger partial charge in [-0.25, -0.2) is 4.79 Å². The van der Waals surface area contributed by atoms with Gasteiger partial charge < -0.3 is 16.3 Å². The number of aromatic nitrogens is 4. The number of thioether (sulfide) groups is 2. The van der Waals surface area contributed by atoms with E-state index in [2.05, 4.69) is 20.8 Å². The molecule has 1 saturated heterocycles. The van der Waals surface area contributed by atoms with Crippen molar-refractivity contribution in [2.45, 2.75) is 16.2 Å². The van der Waals surface area contributed by atoms with Gasteiger partial charge in [0.2, 0.25) is 17.2 Å². The van der Waals surface area contributed by atoms with Crippen molar-refractivity contribution in [2.24, 2.45) is 5.73 Å². The van der Waals surface area contributed by atoms with E-state index in [1.165, 1.54) is 11.8 Å². The van der Waals surface area contributed by atoms with Gasteiger partial charge in [-0.05, 0) is 16.0 Å². The molecule has 0 unspecified atom stereocenters. The number of tetrazole rings is 1. The van der Waals surface area contributed by atoms with Crippen molar-refractivity contribution in [1.29, 1.82) is 0 Å². The van der Waals surface area contributed by atoms with Crippen LogP contribution in [0.3, 0.4) is 0 Å². The Balaban J connectivity index is 1.85. The van der Waals surface area contributed by atoms with Crippen LogP contribution in [0.4, 0.5) is 0 Å². The molecule has 0 radical (unpaired) electrons. The van der Waals surface area contributed by atoms with Crippen molar-refractivity contribution in [3.63, 3.8) is 0 Å². The number of carboxylic acids is 1. The van der Waals surface area contributed by atoms with Crippen molar-refractivity contribution in [1.82, 2.24) is 30.5 Å². The van der Waals surface area contributed by atoms with Crippen molar-refractivity contribution >= 4 is 41.8 Å². The lowest BCUT2D eigenvalue weighted by Gasteiger charge is -2.54. The van der Waals surface area contributed by atoms with Crippen molar-refractivity contribution in [2.75, 3.05) is 17.3 Å². The minimum absolute atomic E-state index is 0.138. The number of hydrogen-bond donors (Lipinski definition) is 4. The Bertz CT molecular complexity index is 751. The highest BCUT2D eigenvalue weighted by Crippen LogP contribution is 2.44. The highest BCUT2D eigenvalue weighted by atomic mass is 32.2. The largest absolute Gasteiger partial charge is 0.477 e. The zero-order valence-corrected chi connectivity index (χ0v) is 13.6. The van der Waals surface area contributed by atoms with E-state index in [1.807, 2.05) is 0 Å². The summed E-state index contributed by atoms with van der Waals surface area (Å²) in [7, 11) is 0. The van der Waals surface area contributed by atoms with Crippen LogP contribution in [0, 0.1) is 0 Å². The molecule has 2 aliphatic rings. The van der Waals surface area contributed by atoms with E-state index in [0.29, 0.717) is 22.9 Å². The van der Waals surface area contributed by atoms with E-state index in [9.17, 15) is 19.5 Å². The molecule has 14 heteroatoms. The van der Waals surface area contributed by atoms with Crippen LogP contribution in [0.25, 0.3) is 0 Å². The Labute approximate surface area is 142 Å². The maximum absolute atomic E-state index is 12.3. The number of β-lactam (4-membered cyclic amide) rings is 1. The van der Waals surface area contributed by atoms with Crippen LogP contribution in [0.1, 0.15) is 0 Å². The Hall–Kier alpha value is -2.32. The summed E-state index contributed by atoms with van der Waals surface area (Å²) >= 11 is 2.42. The molecule has 1 aromatic rings. The summed E-state index contributed by atoms with van der Waals surface area (Å²) in [6, 6.07) is 0. The number of aliphatic carboxylic acids is 1. The molecule has 2 atom stereocenters. The zero-order valence-electron chi connectivity index (χ0n) is 11.9. The molecule has 0 aromatic carbocycles. The fourth-order valence-corrected chi connectivity index (χ4v) is 4.73. The second kappa shape index (κ2) is 5.95. The number of nitrogens with two attached hydrogens (primary N) is 2. The second-order valence-electron chi connectivity index (χ2n) is 4.92. The van der Waals surface area contributed by atoms with Crippen LogP contribution in [-0.2, 0) is 14.4 Å². The number of nitrogen functional groups attached to an aromatic ring is 1. The quantitative estimate of drug-likeness (QED) is 0.132. The predicted octanol–water partition coefficient (Wildman–Crippen LogP) is -2.87. The third-order valence-electron chi connectivity index (χ3n) is 3.53. The molecule has 12 nitrogen and oxygen atoms in total. The molecule has 1 fully saturated rings. The molecule has 128 valence electrons. The summed E-state index contributed by atoms with van der Waals surface area (Å²) in [5.41, 5.74) is 4.65. The first-order valence-electron chi connectivity index (χ1n) is 6.47. The van der Waals surface area contributed by atoms with Gasteiger partial charge in [-0.3, -0.25) is 20.2 Å². The maximum atomic E-state index is 12.3. The monoisotopic (exact) mass is 372 g/mol. The Kier molecular flexibility index (Phi) is 4.10. The molecule has 1 aromatic heterocycles. The van der Waals surface area contributed by atoms with Crippen LogP contribution in [0.15, 0.2) is 16.4 Å². The first kappa shape index (κ1) is 16.5. The van der Waals surface area contributed by atoms with Crippen molar-refractivity contribution in [3.8, 4) is 0 Å². The summed E-state index contributed by atoms with van der Waals surface area (Å²) in [6.45, 7) is 0. The summed E-state index contributed by atoms with van der Waals surface area (Å²) < 4.78 is 0. The summed E-state index contributed by atoms with van der Waals surface area (Å²) in [5.74, 6) is 4.15. The molecule has 24 heavy (non-hydrogen) atoms. The number of carboxylic acid groups (broad SMARTS) is 1. The number of rotatable bonds is 6. The molecule has 2 aliphatic heterocycles. The molecule has 0 saturated carbocycles. The first-order chi connectivity index (χ1) is 11.4. The minimum Gasteiger partial charge on any atom is -0.477 e. The SMILES string of the molecule is Nn1nnnc1SCC1=C(C(=O)O)N2C(=O)[C@](N)(NC=O)[C@H]2SC1. The molecular formula is C10H12N8O4S2. The predicted molar refractivity (Wildman–Crippen MR) is 82.6 cm³/mol. The number of carbonyl (C=O) groups is 3. The van der Waals surface area contributed by atoms with E-state index in [0.717, 1.165) is 21.5 Å². The van der Waals surface area contributed by atoms with E-state index in [-0.39, 0.29) is 11.4 Å². The number of carbonyl (C=O) groups excluding carboxylic acids is 2. The van der Waals surface area contributed by atoms with Crippen molar-refractivity contribution in [3.05, 3.63) is 11.3 Å². The molecule has 0 aliphatic carbocycles. The van der Waals surface area contributed by atoms with Gasteiger partial charge in [0.25, 0.3) is 5.91 Å². The highest BCUT2D eigenvalue weighted by molar-refractivity contribution is 8.01.